The Bertz CT molecular complexity index is 785. The van der Waals surface area contributed by atoms with Crippen molar-refractivity contribution in [2.45, 2.75) is 13.5 Å². The number of anilines is 1. The Hall–Kier alpha value is -2.49. The van der Waals surface area contributed by atoms with Crippen LogP contribution in [0.2, 0.25) is 0 Å². The highest BCUT2D eigenvalue weighted by Gasteiger charge is 2.21. The van der Waals surface area contributed by atoms with Crippen molar-refractivity contribution in [1.82, 2.24) is 5.01 Å². The van der Waals surface area contributed by atoms with Gasteiger partial charge in [0.2, 0.25) is 0 Å². The van der Waals surface area contributed by atoms with Gasteiger partial charge in [0.1, 0.15) is 23.9 Å². The normalized spacial score (nSPS) is 10.3. The van der Waals surface area contributed by atoms with E-state index in [1.807, 2.05) is 6.92 Å². The molecule has 0 saturated heterocycles. The Morgan fingerprint density at radius 3 is 2.54 bits per heavy atom. The summed E-state index contributed by atoms with van der Waals surface area (Å²) in [6.07, 6.45) is 0. The number of hydrogen-bond acceptors (Lipinski definition) is 6. The molecule has 0 spiro atoms. The molecule has 0 atom stereocenters. The summed E-state index contributed by atoms with van der Waals surface area (Å²) in [5.74, 6) is 12.6. The van der Waals surface area contributed by atoms with Gasteiger partial charge in [0.05, 0.1) is 22.3 Å². The summed E-state index contributed by atoms with van der Waals surface area (Å²) in [6.45, 7) is 2.38. The average molecular weight is 425 g/mol. The Morgan fingerprint density at radius 2 is 1.92 bits per heavy atom. The summed E-state index contributed by atoms with van der Waals surface area (Å²) in [5, 5.41) is 11.3. The number of urea groups is 1. The van der Waals surface area contributed by atoms with Crippen molar-refractivity contribution in [3.8, 4) is 17.2 Å². The third-order valence-electron chi connectivity index (χ3n) is 3.46. The number of phenolic OH excluding ortho intramolecular Hbond substituents is 1. The molecule has 0 unspecified atom stereocenters. The van der Waals surface area contributed by atoms with Crippen LogP contribution in [-0.2, 0) is 6.61 Å². The van der Waals surface area contributed by atoms with E-state index in [0.717, 1.165) is 10.0 Å². The predicted octanol–water partition coefficient (Wildman–Crippen LogP) is 2.74. The lowest BCUT2D eigenvalue weighted by Gasteiger charge is -2.24. The van der Waals surface area contributed by atoms with Crippen molar-refractivity contribution >= 4 is 27.6 Å². The smallest absolute Gasteiger partial charge is 0.352 e. The standard InChI is InChI=1S/C17H21BrN4O4/c1-3-25-15-6-4-5-14(22(20)17(24)21(2)19)12(15)10-26-16-8-7-11(23)9-13(16)18/h4-9,23H,3,10,19-20H2,1-2H3. The Morgan fingerprint density at radius 1 is 1.19 bits per heavy atom. The second kappa shape index (κ2) is 8.75. The quantitative estimate of drug-likeness (QED) is 0.373. The van der Waals surface area contributed by atoms with E-state index >= 15 is 0 Å². The molecule has 0 aromatic heterocycles. The van der Waals surface area contributed by atoms with Gasteiger partial charge in [-0.2, -0.15) is 0 Å². The minimum atomic E-state index is -0.592. The molecule has 2 rings (SSSR count). The van der Waals surface area contributed by atoms with Gasteiger partial charge >= 0.3 is 6.03 Å². The largest absolute Gasteiger partial charge is 0.508 e. The van der Waals surface area contributed by atoms with E-state index in [1.165, 1.54) is 19.2 Å². The van der Waals surface area contributed by atoms with Gasteiger partial charge in [-0.15, -0.1) is 0 Å². The first-order valence-electron chi connectivity index (χ1n) is 7.78. The average Bonchev–Trinajstić information content (AvgIpc) is 2.60. The van der Waals surface area contributed by atoms with E-state index in [1.54, 1.807) is 24.3 Å². The zero-order valence-corrected chi connectivity index (χ0v) is 16.1. The Balaban J connectivity index is 2.36. The molecule has 0 aliphatic heterocycles. The van der Waals surface area contributed by atoms with E-state index in [4.69, 9.17) is 21.2 Å². The predicted molar refractivity (Wildman–Crippen MR) is 102 cm³/mol. The number of nitrogens with zero attached hydrogens (tertiary/aromatic N) is 2. The van der Waals surface area contributed by atoms with Gasteiger partial charge in [-0.1, -0.05) is 6.07 Å². The van der Waals surface area contributed by atoms with Crippen molar-refractivity contribution in [2.24, 2.45) is 11.7 Å². The second-order valence-corrected chi connectivity index (χ2v) is 6.21. The monoisotopic (exact) mass is 424 g/mol. The lowest BCUT2D eigenvalue weighted by atomic mass is 10.1. The lowest BCUT2D eigenvalue weighted by Crippen LogP contribution is -2.49. The van der Waals surface area contributed by atoms with Crippen LogP contribution in [0.15, 0.2) is 40.9 Å². The maximum absolute atomic E-state index is 12.1. The minimum absolute atomic E-state index is 0.0874. The van der Waals surface area contributed by atoms with Crippen molar-refractivity contribution in [3.63, 3.8) is 0 Å². The van der Waals surface area contributed by atoms with E-state index in [-0.39, 0.29) is 12.4 Å². The van der Waals surface area contributed by atoms with Gasteiger partial charge in [-0.25, -0.2) is 21.5 Å². The number of ether oxygens (including phenoxy) is 2. The number of carbonyl (C=O) groups excluding carboxylic acids is 1. The number of aromatic hydroxyl groups is 1. The second-order valence-electron chi connectivity index (χ2n) is 5.35. The molecule has 140 valence electrons. The number of phenols is 1. The maximum atomic E-state index is 12.1. The zero-order chi connectivity index (χ0) is 19.3. The van der Waals surface area contributed by atoms with Gasteiger partial charge in [-0.3, -0.25) is 5.01 Å². The maximum Gasteiger partial charge on any atom is 0.352 e. The molecule has 2 amide bonds. The van der Waals surface area contributed by atoms with Crippen LogP contribution >= 0.6 is 15.9 Å². The topological polar surface area (TPSA) is 114 Å². The molecule has 8 nitrogen and oxygen atoms in total. The number of amides is 2. The molecule has 9 heteroatoms. The molecule has 0 aliphatic rings. The van der Waals surface area contributed by atoms with Crippen LogP contribution in [-0.4, -0.2) is 29.8 Å². The summed E-state index contributed by atoms with van der Waals surface area (Å²) in [5.41, 5.74) is 1.00. The first kappa shape index (κ1) is 19.8. The van der Waals surface area contributed by atoms with Crippen LogP contribution in [0, 0.1) is 0 Å². The third kappa shape index (κ3) is 4.57. The van der Waals surface area contributed by atoms with E-state index in [0.29, 0.717) is 33.8 Å². The fourth-order valence-electron chi connectivity index (χ4n) is 2.25. The zero-order valence-electron chi connectivity index (χ0n) is 14.5. The SMILES string of the molecule is CCOc1cccc(N(N)C(=O)N(C)N)c1COc1ccc(O)cc1Br. The van der Waals surface area contributed by atoms with Crippen LogP contribution in [0.1, 0.15) is 12.5 Å². The third-order valence-corrected chi connectivity index (χ3v) is 4.08. The minimum Gasteiger partial charge on any atom is -0.508 e. The van der Waals surface area contributed by atoms with E-state index < -0.39 is 6.03 Å². The molecular weight excluding hydrogens is 404 g/mol. The van der Waals surface area contributed by atoms with Crippen LogP contribution in [0.4, 0.5) is 10.5 Å². The van der Waals surface area contributed by atoms with Crippen LogP contribution in [0.25, 0.3) is 0 Å². The number of hydrazine groups is 2. The van der Waals surface area contributed by atoms with E-state index in [2.05, 4.69) is 15.9 Å². The molecule has 0 heterocycles. The highest BCUT2D eigenvalue weighted by atomic mass is 79.9. The number of benzene rings is 2. The number of halogens is 1. The summed E-state index contributed by atoms with van der Waals surface area (Å²) < 4.78 is 12.0. The summed E-state index contributed by atoms with van der Waals surface area (Å²) >= 11 is 3.33. The van der Waals surface area contributed by atoms with Crippen LogP contribution in [0.5, 0.6) is 17.2 Å². The first-order chi connectivity index (χ1) is 12.3. The Kier molecular flexibility index (Phi) is 6.67. The molecule has 2 aromatic rings. The van der Waals surface area contributed by atoms with Gasteiger partial charge < -0.3 is 14.6 Å². The number of nitrogens with two attached hydrogens (primary N) is 2. The van der Waals surface area contributed by atoms with Crippen molar-refractivity contribution < 1.29 is 19.4 Å². The fourth-order valence-corrected chi connectivity index (χ4v) is 2.73. The number of rotatable bonds is 6. The molecule has 5 N–H and O–H groups in total. The van der Waals surface area contributed by atoms with Gasteiger partial charge in [0.25, 0.3) is 0 Å². The van der Waals surface area contributed by atoms with Crippen molar-refractivity contribution in [2.75, 3.05) is 18.7 Å². The molecular formula is C17H21BrN4O4. The van der Waals surface area contributed by atoms with Gasteiger partial charge in [-0.05, 0) is 53.2 Å². The lowest BCUT2D eigenvalue weighted by molar-refractivity contribution is 0.216. The Labute approximate surface area is 160 Å². The molecule has 0 aliphatic carbocycles. The first-order valence-corrected chi connectivity index (χ1v) is 8.57. The molecule has 0 saturated carbocycles. The number of hydrogen-bond donors (Lipinski definition) is 3. The van der Waals surface area contributed by atoms with Crippen LogP contribution < -0.4 is 26.2 Å². The van der Waals surface area contributed by atoms with Gasteiger partial charge in [0, 0.05) is 7.05 Å². The molecule has 0 bridgehead atoms. The van der Waals surface area contributed by atoms with Gasteiger partial charge in [0.15, 0.2) is 0 Å². The highest BCUT2D eigenvalue weighted by Crippen LogP contribution is 2.33. The molecule has 0 fully saturated rings. The van der Waals surface area contributed by atoms with Crippen molar-refractivity contribution in [3.05, 3.63) is 46.4 Å². The molecule has 26 heavy (non-hydrogen) atoms. The fraction of sp³-hybridized carbons (Fsp3) is 0.235. The summed E-state index contributed by atoms with van der Waals surface area (Å²) in [6, 6.07) is 9.23. The van der Waals surface area contributed by atoms with Crippen LogP contribution in [0.3, 0.4) is 0 Å². The molecule has 0 radical (unpaired) electrons. The van der Waals surface area contributed by atoms with E-state index in [9.17, 15) is 9.90 Å². The molecule has 2 aromatic carbocycles. The highest BCUT2D eigenvalue weighted by molar-refractivity contribution is 9.10. The number of carbonyl (C=O) groups is 1. The summed E-state index contributed by atoms with van der Waals surface area (Å²) in [7, 11) is 1.40. The van der Waals surface area contributed by atoms with Crippen molar-refractivity contribution in [1.29, 1.82) is 0 Å². The summed E-state index contributed by atoms with van der Waals surface area (Å²) in [4.78, 5) is 12.1.